The van der Waals surface area contributed by atoms with Crippen molar-refractivity contribution in [3.8, 4) is 0 Å². The topological polar surface area (TPSA) is 36.1 Å². The number of hydrogen-bond donors (Lipinski definition) is 3. The van der Waals surface area contributed by atoms with Gasteiger partial charge in [0.2, 0.25) is 0 Å². The molecule has 0 heterocycles. The first-order chi connectivity index (χ1) is 15.2. The average Bonchev–Trinajstić information content (AvgIpc) is 2.68. The largest absolute Gasteiger partial charge is 0.376 e. The van der Waals surface area contributed by atoms with Crippen molar-refractivity contribution in [3.63, 3.8) is 0 Å². The Kier molecular flexibility index (Phi) is 9.90. The van der Waals surface area contributed by atoms with Gasteiger partial charge in [-0.2, -0.15) is 0 Å². The van der Waals surface area contributed by atoms with Crippen LogP contribution in [0.15, 0.2) is 78.8 Å². The minimum atomic E-state index is 0.105. The second kappa shape index (κ2) is 12.4. The highest BCUT2D eigenvalue weighted by Gasteiger charge is 2.26. The summed E-state index contributed by atoms with van der Waals surface area (Å²) >= 11 is 0. The van der Waals surface area contributed by atoms with Gasteiger partial charge in [0, 0.05) is 28.5 Å². The predicted octanol–water partition coefficient (Wildman–Crippen LogP) is 8.22. The monoisotopic (exact) mass is 433 g/mol. The Labute approximate surface area is 196 Å². The highest BCUT2D eigenvalue weighted by molar-refractivity contribution is 5.64. The van der Waals surface area contributed by atoms with Gasteiger partial charge in [-0.1, -0.05) is 70.6 Å². The van der Waals surface area contributed by atoms with E-state index >= 15 is 0 Å². The van der Waals surface area contributed by atoms with Crippen LogP contribution in [0.2, 0.25) is 0 Å². The van der Waals surface area contributed by atoms with Crippen molar-refractivity contribution in [1.29, 1.82) is 0 Å². The SMILES string of the molecule is C=C(C)Nc1cc(NC(=C)C(NC(=C)/C(=C/C)C(=C)C)C2CCCCCCC2)ccc1C. The molecule has 1 fully saturated rings. The van der Waals surface area contributed by atoms with Crippen molar-refractivity contribution in [3.05, 3.63) is 84.4 Å². The van der Waals surface area contributed by atoms with Crippen LogP contribution in [0.5, 0.6) is 0 Å². The Morgan fingerprint density at radius 3 is 2.16 bits per heavy atom. The number of benzene rings is 1. The zero-order chi connectivity index (χ0) is 23.7. The van der Waals surface area contributed by atoms with E-state index in [1.165, 1.54) is 50.5 Å². The maximum atomic E-state index is 4.48. The van der Waals surface area contributed by atoms with E-state index in [4.69, 9.17) is 0 Å². The van der Waals surface area contributed by atoms with Gasteiger partial charge in [0.05, 0.1) is 6.04 Å². The zero-order valence-corrected chi connectivity index (χ0v) is 20.7. The van der Waals surface area contributed by atoms with Gasteiger partial charge in [-0.25, -0.2) is 0 Å². The second-order valence-electron chi connectivity index (χ2n) is 9.27. The fourth-order valence-electron chi connectivity index (χ4n) is 4.58. The molecule has 1 aliphatic rings. The van der Waals surface area contributed by atoms with Gasteiger partial charge < -0.3 is 16.0 Å². The summed E-state index contributed by atoms with van der Waals surface area (Å²) in [5.41, 5.74) is 8.21. The van der Waals surface area contributed by atoms with Gasteiger partial charge in [0.15, 0.2) is 0 Å². The molecule has 0 amide bonds. The summed E-state index contributed by atoms with van der Waals surface area (Å²) in [6.45, 7) is 25.1. The van der Waals surface area contributed by atoms with Gasteiger partial charge in [0.25, 0.3) is 0 Å². The molecule has 32 heavy (non-hydrogen) atoms. The van der Waals surface area contributed by atoms with E-state index in [2.05, 4.69) is 73.5 Å². The van der Waals surface area contributed by atoms with Crippen LogP contribution in [-0.4, -0.2) is 6.04 Å². The molecule has 174 valence electrons. The molecule has 1 aromatic carbocycles. The summed E-state index contributed by atoms with van der Waals surface area (Å²) in [6, 6.07) is 6.47. The van der Waals surface area contributed by atoms with Crippen LogP contribution in [0.1, 0.15) is 71.3 Å². The summed E-state index contributed by atoms with van der Waals surface area (Å²) < 4.78 is 0. The lowest BCUT2D eigenvalue weighted by molar-refractivity contribution is 0.323. The van der Waals surface area contributed by atoms with E-state index in [9.17, 15) is 0 Å². The fourth-order valence-corrected chi connectivity index (χ4v) is 4.58. The van der Waals surface area contributed by atoms with Crippen molar-refractivity contribution < 1.29 is 0 Å². The van der Waals surface area contributed by atoms with E-state index in [1.54, 1.807) is 0 Å². The van der Waals surface area contributed by atoms with E-state index in [1.807, 2.05) is 20.8 Å². The minimum absolute atomic E-state index is 0.105. The molecule has 0 aliphatic heterocycles. The lowest BCUT2D eigenvalue weighted by Gasteiger charge is -2.33. The van der Waals surface area contributed by atoms with Gasteiger partial charge >= 0.3 is 0 Å². The maximum Gasteiger partial charge on any atom is 0.0685 e. The first kappa shape index (κ1) is 25.6. The van der Waals surface area contributed by atoms with E-state index in [0.717, 1.165) is 39.6 Å². The van der Waals surface area contributed by atoms with Crippen LogP contribution in [0.4, 0.5) is 11.4 Å². The molecule has 0 aromatic heterocycles. The molecular formula is C29H43N3. The molecular weight excluding hydrogens is 390 g/mol. The molecule has 0 saturated heterocycles. The fraction of sp³-hybridized carbons (Fsp3) is 0.448. The molecule has 1 aromatic rings. The minimum Gasteiger partial charge on any atom is -0.376 e. The Morgan fingerprint density at radius 2 is 1.59 bits per heavy atom. The molecule has 1 aliphatic carbocycles. The Bertz CT molecular complexity index is 866. The van der Waals surface area contributed by atoms with Gasteiger partial charge in [-0.3, -0.25) is 0 Å². The number of hydrogen-bond acceptors (Lipinski definition) is 3. The molecule has 0 bridgehead atoms. The van der Waals surface area contributed by atoms with Crippen molar-refractivity contribution in [2.45, 2.75) is 78.7 Å². The molecule has 0 radical (unpaired) electrons. The third kappa shape index (κ3) is 7.47. The van der Waals surface area contributed by atoms with Crippen LogP contribution in [0, 0.1) is 12.8 Å². The second-order valence-corrected chi connectivity index (χ2v) is 9.27. The zero-order valence-electron chi connectivity index (χ0n) is 20.7. The van der Waals surface area contributed by atoms with E-state index in [0.29, 0.717) is 5.92 Å². The van der Waals surface area contributed by atoms with E-state index < -0.39 is 0 Å². The summed E-state index contributed by atoms with van der Waals surface area (Å²) in [6.07, 6.45) is 11.1. The number of aryl methyl sites for hydroxylation is 1. The summed E-state index contributed by atoms with van der Waals surface area (Å²) in [5.74, 6) is 0.522. The molecule has 3 heteroatoms. The molecule has 3 nitrogen and oxygen atoms in total. The Hall–Kier alpha value is -2.68. The highest BCUT2D eigenvalue weighted by Crippen LogP contribution is 2.30. The molecule has 2 rings (SSSR count). The molecule has 3 N–H and O–H groups in total. The van der Waals surface area contributed by atoms with Crippen molar-refractivity contribution in [1.82, 2.24) is 5.32 Å². The number of allylic oxidation sites excluding steroid dienone is 3. The lowest BCUT2D eigenvalue weighted by atomic mass is 9.84. The van der Waals surface area contributed by atoms with Gasteiger partial charge in [-0.05, 0) is 75.3 Å². The van der Waals surface area contributed by atoms with Crippen molar-refractivity contribution >= 4 is 11.4 Å². The first-order valence-corrected chi connectivity index (χ1v) is 12.0. The summed E-state index contributed by atoms with van der Waals surface area (Å²) in [4.78, 5) is 0. The quantitative estimate of drug-likeness (QED) is 0.325. The van der Waals surface area contributed by atoms with Gasteiger partial charge in [-0.15, -0.1) is 0 Å². The molecule has 1 saturated carbocycles. The van der Waals surface area contributed by atoms with E-state index in [-0.39, 0.29) is 6.04 Å². The summed E-state index contributed by atoms with van der Waals surface area (Å²) in [5, 5.41) is 10.7. The van der Waals surface area contributed by atoms with Crippen LogP contribution < -0.4 is 16.0 Å². The van der Waals surface area contributed by atoms with Gasteiger partial charge in [0.1, 0.15) is 0 Å². The maximum absolute atomic E-state index is 4.48. The third-order valence-electron chi connectivity index (χ3n) is 6.29. The highest BCUT2D eigenvalue weighted by atomic mass is 15.0. The predicted molar refractivity (Wildman–Crippen MR) is 143 cm³/mol. The van der Waals surface area contributed by atoms with Crippen molar-refractivity contribution in [2.75, 3.05) is 10.6 Å². The number of rotatable bonds is 10. The third-order valence-corrected chi connectivity index (χ3v) is 6.29. The smallest absolute Gasteiger partial charge is 0.0685 e. The number of anilines is 2. The normalized spacial score (nSPS) is 16.3. The Morgan fingerprint density at radius 1 is 0.969 bits per heavy atom. The standard InChI is InChI=1S/C29H43N3/c1-9-27(20(2)3)23(7)32-29(25-15-13-11-10-12-14-16-25)24(8)31-26-18-17-22(6)28(19-26)30-21(4)5/h9,17-19,25,29-32H,2,4,7-8,10-16H2,1,3,5-6H3/b27-9+. The average molecular weight is 434 g/mol. The van der Waals surface area contributed by atoms with Crippen LogP contribution in [0.25, 0.3) is 0 Å². The molecule has 0 spiro atoms. The molecule has 1 unspecified atom stereocenters. The van der Waals surface area contributed by atoms with Crippen LogP contribution >= 0.6 is 0 Å². The Balaban J connectivity index is 2.27. The summed E-state index contributed by atoms with van der Waals surface area (Å²) in [7, 11) is 0. The van der Waals surface area contributed by atoms with Crippen LogP contribution in [0.3, 0.4) is 0 Å². The number of nitrogens with one attached hydrogen (secondary N) is 3. The van der Waals surface area contributed by atoms with Crippen LogP contribution in [-0.2, 0) is 0 Å². The lowest BCUT2D eigenvalue weighted by Crippen LogP contribution is -2.40. The first-order valence-electron chi connectivity index (χ1n) is 12.0. The van der Waals surface area contributed by atoms with Crippen molar-refractivity contribution in [2.24, 2.45) is 5.92 Å². The molecule has 1 atom stereocenters.